The molecular weight excluding hydrogens is 401 g/mol. The van der Waals surface area contributed by atoms with Gasteiger partial charge in [-0.2, -0.15) is 13.2 Å². The molecule has 0 aliphatic heterocycles. The zero-order chi connectivity index (χ0) is 21.7. The molecule has 6 nitrogen and oxygen atoms in total. The highest BCUT2D eigenvalue weighted by Gasteiger charge is 2.31. The fourth-order valence-electron chi connectivity index (χ4n) is 2.96. The summed E-state index contributed by atoms with van der Waals surface area (Å²) in [5.74, 6) is 0.291. The molecule has 0 unspecified atom stereocenters. The fraction of sp³-hybridized carbons (Fsp3) is 0.286. The smallest absolute Gasteiger partial charge is 0.416 e. The number of hydrogen-bond acceptors (Lipinski definition) is 4. The maximum absolute atomic E-state index is 13.1. The lowest BCUT2D eigenvalue weighted by Crippen LogP contribution is -2.17. The monoisotopic (exact) mass is 422 g/mol. The number of rotatable bonds is 8. The van der Waals surface area contributed by atoms with Gasteiger partial charge in [-0.3, -0.25) is 4.79 Å². The molecule has 0 fully saturated rings. The van der Waals surface area contributed by atoms with Gasteiger partial charge in [0.2, 0.25) is 5.91 Å². The zero-order valence-electron chi connectivity index (χ0n) is 16.4. The Bertz CT molecular complexity index is 1030. The van der Waals surface area contributed by atoms with Crippen LogP contribution in [0.2, 0.25) is 0 Å². The molecule has 0 saturated heterocycles. The number of aromatic nitrogens is 1. The number of hydrogen-bond donors (Lipinski definition) is 2. The summed E-state index contributed by atoms with van der Waals surface area (Å²) in [4.78, 5) is 15.7. The van der Waals surface area contributed by atoms with Crippen LogP contribution in [0.4, 0.5) is 18.9 Å². The lowest BCUT2D eigenvalue weighted by Gasteiger charge is -2.15. The molecule has 3 rings (SSSR count). The van der Waals surface area contributed by atoms with Crippen LogP contribution < -0.4 is 14.8 Å². The lowest BCUT2D eigenvalue weighted by atomic mass is 10.1. The number of halogens is 3. The molecule has 160 valence electrons. The Hall–Kier alpha value is -3.20. The van der Waals surface area contributed by atoms with E-state index in [1.54, 1.807) is 25.4 Å². The number of fused-ring (bicyclic) bond motifs is 1. The maximum atomic E-state index is 13.1. The summed E-state index contributed by atoms with van der Waals surface area (Å²) in [6, 6.07) is 8.35. The molecule has 3 aromatic rings. The number of alkyl halides is 3. The third-order valence-electron chi connectivity index (χ3n) is 4.45. The number of benzene rings is 2. The SMILES string of the molecule is COCCOc1ccc(C(F)(F)F)cc1NC(=O)Cc1c[nH]c2ccc(OC)cc12. The second kappa shape index (κ2) is 9.08. The third kappa shape index (κ3) is 5.04. The van der Waals surface area contributed by atoms with Crippen LogP contribution in [0.25, 0.3) is 10.9 Å². The van der Waals surface area contributed by atoms with Gasteiger partial charge in [-0.25, -0.2) is 0 Å². The number of ether oxygens (including phenoxy) is 3. The van der Waals surface area contributed by atoms with E-state index in [4.69, 9.17) is 14.2 Å². The average molecular weight is 422 g/mol. The summed E-state index contributed by atoms with van der Waals surface area (Å²) >= 11 is 0. The van der Waals surface area contributed by atoms with Gasteiger partial charge in [-0.05, 0) is 42.0 Å². The first-order valence-electron chi connectivity index (χ1n) is 9.08. The average Bonchev–Trinajstić information content (AvgIpc) is 3.10. The molecule has 0 aliphatic carbocycles. The second-order valence-corrected chi connectivity index (χ2v) is 6.50. The molecule has 1 amide bonds. The first-order chi connectivity index (χ1) is 14.3. The van der Waals surface area contributed by atoms with Crippen LogP contribution >= 0.6 is 0 Å². The Morgan fingerprint density at radius 3 is 2.60 bits per heavy atom. The van der Waals surface area contributed by atoms with Crippen molar-refractivity contribution in [2.24, 2.45) is 0 Å². The predicted octanol–water partition coefficient (Wildman–Crippen LogP) is 4.40. The van der Waals surface area contributed by atoms with Crippen LogP contribution in [0, 0.1) is 0 Å². The van der Waals surface area contributed by atoms with Crippen molar-refractivity contribution in [2.45, 2.75) is 12.6 Å². The van der Waals surface area contributed by atoms with Crippen molar-refractivity contribution in [1.82, 2.24) is 4.98 Å². The van der Waals surface area contributed by atoms with Gasteiger partial charge in [0, 0.05) is 24.2 Å². The van der Waals surface area contributed by atoms with Crippen LogP contribution in [0.1, 0.15) is 11.1 Å². The van der Waals surface area contributed by atoms with Crippen molar-refractivity contribution < 1.29 is 32.2 Å². The number of amides is 1. The number of carbonyl (C=O) groups excluding carboxylic acids is 1. The molecule has 1 heterocycles. The standard InChI is InChI=1S/C21H21F3N2O4/c1-28-7-8-30-19-6-3-14(21(22,23)24)10-18(19)26-20(27)9-13-12-25-17-5-4-15(29-2)11-16(13)17/h3-6,10-12,25H,7-9H2,1-2H3,(H,26,27). The van der Waals surface area contributed by atoms with Gasteiger partial charge >= 0.3 is 6.18 Å². The van der Waals surface area contributed by atoms with Crippen LogP contribution in [-0.2, 0) is 22.1 Å². The van der Waals surface area contributed by atoms with Crippen molar-refractivity contribution in [3.8, 4) is 11.5 Å². The van der Waals surface area contributed by atoms with Gasteiger partial charge in [-0.1, -0.05) is 0 Å². The number of anilines is 1. The van der Waals surface area contributed by atoms with E-state index < -0.39 is 17.6 Å². The van der Waals surface area contributed by atoms with E-state index >= 15 is 0 Å². The highest BCUT2D eigenvalue weighted by atomic mass is 19.4. The van der Waals surface area contributed by atoms with Gasteiger partial charge < -0.3 is 24.5 Å². The number of carbonyl (C=O) groups is 1. The quantitative estimate of drug-likeness (QED) is 0.528. The minimum absolute atomic E-state index is 0.0407. The van der Waals surface area contributed by atoms with Crippen molar-refractivity contribution in [1.29, 1.82) is 0 Å². The van der Waals surface area contributed by atoms with Crippen molar-refractivity contribution in [2.75, 3.05) is 32.8 Å². The number of H-pyrrole nitrogens is 1. The van der Waals surface area contributed by atoms with E-state index in [-0.39, 0.29) is 31.1 Å². The van der Waals surface area contributed by atoms with Crippen LogP contribution in [0.15, 0.2) is 42.6 Å². The lowest BCUT2D eigenvalue weighted by molar-refractivity contribution is -0.137. The van der Waals surface area contributed by atoms with E-state index in [0.29, 0.717) is 11.3 Å². The molecule has 0 bridgehead atoms. The largest absolute Gasteiger partial charge is 0.497 e. The molecule has 1 aromatic heterocycles. The number of aromatic amines is 1. The molecular formula is C21H21F3N2O4. The topological polar surface area (TPSA) is 72.6 Å². The normalized spacial score (nSPS) is 11.5. The molecule has 2 aromatic carbocycles. The van der Waals surface area contributed by atoms with Gasteiger partial charge in [0.25, 0.3) is 0 Å². The highest BCUT2D eigenvalue weighted by molar-refractivity contribution is 5.97. The van der Waals surface area contributed by atoms with Crippen LogP contribution in [0.3, 0.4) is 0 Å². The number of methoxy groups -OCH3 is 2. The highest BCUT2D eigenvalue weighted by Crippen LogP contribution is 2.35. The Balaban J connectivity index is 1.82. The summed E-state index contributed by atoms with van der Waals surface area (Å²) in [7, 11) is 3.02. The van der Waals surface area contributed by atoms with E-state index in [1.807, 2.05) is 6.07 Å². The molecule has 2 N–H and O–H groups in total. The van der Waals surface area contributed by atoms with E-state index in [1.165, 1.54) is 13.2 Å². The van der Waals surface area contributed by atoms with Crippen molar-refractivity contribution in [3.05, 3.63) is 53.7 Å². The van der Waals surface area contributed by atoms with Crippen LogP contribution in [-0.4, -0.2) is 38.3 Å². The minimum Gasteiger partial charge on any atom is -0.497 e. The van der Waals surface area contributed by atoms with Gasteiger partial charge in [0.05, 0.1) is 31.4 Å². The van der Waals surface area contributed by atoms with Crippen molar-refractivity contribution >= 4 is 22.5 Å². The van der Waals surface area contributed by atoms with Crippen LogP contribution in [0.5, 0.6) is 11.5 Å². The number of nitrogens with one attached hydrogen (secondary N) is 2. The first kappa shape index (κ1) is 21.5. The van der Waals surface area contributed by atoms with Gasteiger partial charge in [0.15, 0.2) is 0 Å². The summed E-state index contributed by atoms with van der Waals surface area (Å²) in [5, 5.41) is 3.33. The van der Waals surface area contributed by atoms with E-state index in [2.05, 4.69) is 10.3 Å². The molecule has 0 saturated carbocycles. The molecule has 0 atom stereocenters. The Morgan fingerprint density at radius 1 is 1.10 bits per heavy atom. The van der Waals surface area contributed by atoms with Gasteiger partial charge in [-0.15, -0.1) is 0 Å². The summed E-state index contributed by atoms with van der Waals surface area (Å²) in [5.41, 5.74) is 0.577. The fourth-order valence-corrected chi connectivity index (χ4v) is 2.96. The molecule has 0 aliphatic rings. The maximum Gasteiger partial charge on any atom is 0.416 e. The Labute approximate surface area is 170 Å². The summed E-state index contributed by atoms with van der Waals surface area (Å²) in [6.07, 6.45) is -2.90. The van der Waals surface area contributed by atoms with Crippen molar-refractivity contribution in [3.63, 3.8) is 0 Å². The third-order valence-corrected chi connectivity index (χ3v) is 4.45. The summed E-state index contributed by atoms with van der Waals surface area (Å²) in [6.45, 7) is 0.387. The second-order valence-electron chi connectivity index (χ2n) is 6.50. The van der Waals surface area contributed by atoms with Gasteiger partial charge in [0.1, 0.15) is 18.1 Å². The van der Waals surface area contributed by atoms with E-state index in [9.17, 15) is 18.0 Å². The molecule has 9 heteroatoms. The predicted molar refractivity (Wildman–Crippen MR) is 106 cm³/mol. The first-order valence-corrected chi connectivity index (χ1v) is 9.08. The summed E-state index contributed by atoms with van der Waals surface area (Å²) < 4.78 is 54.9. The minimum atomic E-state index is -4.54. The van der Waals surface area contributed by atoms with E-state index in [0.717, 1.165) is 23.0 Å². The molecule has 0 spiro atoms. The Morgan fingerprint density at radius 2 is 1.90 bits per heavy atom. The molecule has 0 radical (unpaired) electrons. The zero-order valence-corrected chi connectivity index (χ0v) is 16.4. The molecule has 30 heavy (non-hydrogen) atoms. The Kier molecular flexibility index (Phi) is 6.51.